The second kappa shape index (κ2) is 14.1. The summed E-state index contributed by atoms with van der Waals surface area (Å²) in [5.74, 6) is 6.98. The quantitative estimate of drug-likeness (QED) is 0.248. The number of piperidine rings is 2. The number of aliphatic hydroxyl groups is 1. The van der Waals surface area contributed by atoms with Gasteiger partial charge in [0.2, 0.25) is 0 Å². The number of rotatable bonds is 5. The Morgan fingerprint density at radius 2 is 1.08 bits per heavy atom. The Kier molecular flexibility index (Phi) is 9.68. The first-order valence-electron chi connectivity index (χ1n) is 16.5. The van der Waals surface area contributed by atoms with E-state index in [1.807, 2.05) is 48.9 Å². The molecule has 4 atom stereocenters. The number of nitrogen functional groups attached to an aromatic ring is 1. The molecule has 0 radical (unpaired) electrons. The lowest BCUT2D eigenvalue weighted by Gasteiger charge is -2.18. The van der Waals surface area contributed by atoms with E-state index in [0.29, 0.717) is 5.82 Å². The zero-order chi connectivity index (χ0) is 32.5. The van der Waals surface area contributed by atoms with Crippen LogP contribution in [0.2, 0.25) is 0 Å². The number of anilines is 3. The van der Waals surface area contributed by atoms with Gasteiger partial charge in [0.25, 0.3) is 0 Å². The molecule has 9 rings (SSSR count). The molecule has 4 unspecified atom stereocenters. The van der Waals surface area contributed by atoms with Crippen LogP contribution in [0.3, 0.4) is 0 Å². The molecule has 5 aromatic heterocycles. The number of aryl methyl sites for hydroxylation is 2. The molecule has 4 fully saturated rings. The topological polar surface area (TPSA) is 135 Å². The zero-order valence-corrected chi connectivity index (χ0v) is 27.2. The predicted octanol–water partition coefficient (Wildman–Crippen LogP) is 5.61. The normalized spacial score (nSPS) is 21.2. The summed E-state index contributed by atoms with van der Waals surface area (Å²) in [6.07, 6.45) is 10.2. The average Bonchev–Trinajstić information content (AvgIpc) is 3.86. The van der Waals surface area contributed by atoms with Crippen LogP contribution in [0.4, 0.5) is 17.5 Å². The monoisotopic (exact) mass is 646 g/mol. The minimum atomic E-state index is 0. The van der Waals surface area contributed by atoms with Crippen molar-refractivity contribution in [1.82, 2.24) is 34.5 Å². The summed E-state index contributed by atoms with van der Waals surface area (Å²) < 4.78 is 2.15. The Balaban J connectivity index is 0.000000156. The third-order valence-electron chi connectivity index (χ3n) is 9.41. The number of aliphatic hydroxyl groups excluding tert-OH is 1. The Hall–Kier alpha value is -4.90. The van der Waals surface area contributed by atoms with E-state index in [4.69, 9.17) is 15.8 Å². The van der Waals surface area contributed by atoms with Gasteiger partial charge in [0.1, 0.15) is 34.7 Å². The van der Waals surface area contributed by atoms with E-state index in [-0.39, 0.29) is 14.0 Å². The van der Waals surface area contributed by atoms with Crippen LogP contribution in [0.25, 0.3) is 28.6 Å². The van der Waals surface area contributed by atoms with Crippen molar-refractivity contribution < 1.29 is 5.11 Å². The number of aromatic nitrogens is 7. The highest BCUT2D eigenvalue weighted by Crippen LogP contribution is 2.46. The van der Waals surface area contributed by atoms with Crippen molar-refractivity contribution in [3.8, 4) is 28.6 Å². The van der Waals surface area contributed by atoms with Crippen molar-refractivity contribution in [3.05, 3.63) is 84.7 Å². The molecule has 5 aromatic rings. The minimum absolute atomic E-state index is 0. The summed E-state index contributed by atoms with van der Waals surface area (Å²) in [5.41, 5.74) is 11.2. The first-order chi connectivity index (χ1) is 22.9. The molecule has 2 aliphatic heterocycles. The number of hydrogen-bond donors (Lipinski definition) is 2. The van der Waals surface area contributed by atoms with Gasteiger partial charge in [-0.15, -0.1) is 0 Å². The molecule has 0 spiro atoms. The molecule has 2 aliphatic carbocycles. The van der Waals surface area contributed by atoms with Gasteiger partial charge in [0.15, 0.2) is 0 Å². The maximum absolute atomic E-state index is 7.57. The van der Waals surface area contributed by atoms with E-state index in [2.05, 4.69) is 65.3 Å². The molecule has 3 N–H and O–H groups in total. The molecule has 11 nitrogen and oxygen atoms in total. The van der Waals surface area contributed by atoms with Crippen LogP contribution >= 0.6 is 0 Å². The Labute approximate surface area is 283 Å². The first kappa shape index (κ1) is 33.0. The van der Waals surface area contributed by atoms with E-state index >= 15 is 0 Å². The van der Waals surface area contributed by atoms with Crippen LogP contribution in [-0.2, 0) is 0 Å². The lowest BCUT2D eigenvalue weighted by molar-refractivity contribution is 0.318. The van der Waals surface area contributed by atoms with Gasteiger partial charge in [-0.2, -0.15) is 0 Å². The van der Waals surface area contributed by atoms with Crippen molar-refractivity contribution >= 4 is 17.5 Å². The molecule has 2 saturated carbocycles. The second-order valence-electron chi connectivity index (χ2n) is 12.9. The highest BCUT2D eigenvalue weighted by atomic mass is 16.2. The van der Waals surface area contributed by atoms with Gasteiger partial charge >= 0.3 is 0 Å². The van der Waals surface area contributed by atoms with Crippen LogP contribution in [-0.4, -0.2) is 72.4 Å². The average molecular weight is 647 g/mol. The van der Waals surface area contributed by atoms with Crippen molar-refractivity contribution in [2.45, 2.75) is 41.0 Å². The van der Waals surface area contributed by atoms with E-state index in [9.17, 15) is 0 Å². The van der Waals surface area contributed by atoms with Gasteiger partial charge in [0, 0.05) is 44.2 Å². The summed E-state index contributed by atoms with van der Waals surface area (Å²) in [6, 6.07) is 15.8. The molecule has 0 aromatic carbocycles. The van der Waals surface area contributed by atoms with Crippen LogP contribution in [0, 0.1) is 37.5 Å². The fourth-order valence-corrected chi connectivity index (χ4v) is 6.72. The molecular weight excluding hydrogens is 600 g/mol. The summed E-state index contributed by atoms with van der Waals surface area (Å²) in [5, 5.41) is 7.57. The molecule has 0 amide bonds. The van der Waals surface area contributed by atoms with Gasteiger partial charge in [-0.25, -0.2) is 29.9 Å². The highest BCUT2D eigenvalue weighted by Gasteiger charge is 2.46. The molecule has 0 bridgehead atoms. The van der Waals surface area contributed by atoms with Gasteiger partial charge in [0.05, 0.1) is 36.2 Å². The molecule has 7 heterocycles. The predicted molar refractivity (Wildman–Crippen MR) is 191 cm³/mol. The number of nitrogens with zero attached hydrogens (tertiary/aromatic N) is 9. The smallest absolute Gasteiger partial charge is 0.147 e. The maximum atomic E-state index is 7.57. The van der Waals surface area contributed by atoms with Gasteiger partial charge in [-0.1, -0.05) is 19.6 Å². The number of hydrogen-bond acceptors (Lipinski definition) is 10. The van der Waals surface area contributed by atoms with Gasteiger partial charge in [-0.3, -0.25) is 0 Å². The minimum Gasteiger partial charge on any atom is -0.397 e. The summed E-state index contributed by atoms with van der Waals surface area (Å²) >= 11 is 0. The van der Waals surface area contributed by atoms with E-state index in [1.54, 1.807) is 19.2 Å². The summed E-state index contributed by atoms with van der Waals surface area (Å²) in [7, 11) is 0. The lowest BCUT2D eigenvalue weighted by Crippen LogP contribution is -2.22. The highest BCUT2D eigenvalue weighted by molar-refractivity contribution is 5.57. The Morgan fingerprint density at radius 1 is 0.625 bits per heavy atom. The number of pyridine rings is 2. The van der Waals surface area contributed by atoms with E-state index in [0.717, 1.165) is 90.1 Å². The second-order valence-corrected chi connectivity index (χ2v) is 12.9. The van der Waals surface area contributed by atoms with Crippen molar-refractivity contribution in [2.24, 2.45) is 23.7 Å². The third-order valence-corrected chi connectivity index (χ3v) is 9.41. The lowest BCUT2D eigenvalue weighted by atomic mass is 10.2. The van der Waals surface area contributed by atoms with E-state index < -0.39 is 0 Å². The van der Waals surface area contributed by atoms with Crippen molar-refractivity contribution in [2.75, 3.05) is 48.3 Å². The van der Waals surface area contributed by atoms with Crippen LogP contribution in [0.15, 0.2) is 73.3 Å². The van der Waals surface area contributed by atoms with Crippen LogP contribution in [0.5, 0.6) is 0 Å². The van der Waals surface area contributed by atoms with E-state index in [1.165, 1.54) is 24.2 Å². The Bertz CT molecular complexity index is 1780. The molecule has 48 heavy (non-hydrogen) atoms. The summed E-state index contributed by atoms with van der Waals surface area (Å²) in [4.78, 5) is 31.9. The van der Waals surface area contributed by atoms with Crippen molar-refractivity contribution in [3.63, 3.8) is 0 Å². The number of fused-ring (bicyclic) bond motifs is 2. The fourth-order valence-electron chi connectivity index (χ4n) is 6.72. The fraction of sp³-hybridized carbons (Fsp3) is 0.405. The SMILES string of the molecule is C.CCO.Cc1ccc(C)n1-c1cccc(-c2cnc(N3CC4CC4C3)cn2)n1.Nc1cccc(-c2cnc(N3CC4CC4C3)cn2)n1. The Morgan fingerprint density at radius 3 is 1.52 bits per heavy atom. The molecule has 4 aliphatic rings. The molecule has 250 valence electrons. The molecule has 11 heteroatoms. The standard InChI is InChI=1S/C20H21N5.C14H15N5.C2H6O.CH4/c1-13-6-7-14(2)25(13)19-5-3-4-17(23-19)18-9-22-20(10-21-18)24-11-15-8-16(15)12-24;15-13-3-1-2-11(18-13)12-5-17-14(6-16-12)19-7-9-4-10(9)8-19;1-2-3;/h3-7,9-10,15-16H,8,11-12H2,1-2H3;1-3,5-6,9-10H,4,7-8H2,(H2,15,18);3H,2H2,1H3;1H4. The van der Waals surface area contributed by atoms with Crippen LogP contribution in [0.1, 0.15) is 38.6 Å². The molecular formula is C37H46N10O. The van der Waals surface area contributed by atoms with Gasteiger partial charge in [-0.05, 0) is 93.7 Å². The first-order valence-corrected chi connectivity index (χ1v) is 16.5. The third kappa shape index (κ3) is 7.16. The largest absolute Gasteiger partial charge is 0.397 e. The van der Waals surface area contributed by atoms with Crippen molar-refractivity contribution in [1.29, 1.82) is 0 Å². The van der Waals surface area contributed by atoms with Crippen LogP contribution < -0.4 is 15.5 Å². The van der Waals surface area contributed by atoms with Gasteiger partial charge < -0.3 is 25.2 Å². The maximum Gasteiger partial charge on any atom is 0.147 e. The molecule has 2 saturated heterocycles. The summed E-state index contributed by atoms with van der Waals surface area (Å²) in [6.45, 7) is 10.7. The zero-order valence-electron chi connectivity index (χ0n) is 27.2. The number of nitrogens with two attached hydrogens (primary N) is 1.